The minimum atomic E-state index is -0.155. The maximum atomic E-state index is 9.38. The van der Waals surface area contributed by atoms with Crippen molar-refractivity contribution >= 4 is 11.6 Å². The van der Waals surface area contributed by atoms with Crippen molar-refractivity contribution in [2.75, 3.05) is 26.9 Å². The molecular weight excluding hydrogens is 228 g/mol. The molecule has 1 fully saturated rings. The van der Waals surface area contributed by atoms with Gasteiger partial charge in [0.05, 0.1) is 26.9 Å². The quantitative estimate of drug-likeness (QED) is 0.877. The van der Waals surface area contributed by atoms with Gasteiger partial charge in [0, 0.05) is 10.4 Å². The highest BCUT2D eigenvalue weighted by Crippen LogP contribution is 2.35. The predicted molar refractivity (Wildman–Crippen MR) is 62.0 cm³/mol. The zero-order chi connectivity index (χ0) is 11.6. The minimum Gasteiger partial charge on any atom is -0.496 e. The van der Waals surface area contributed by atoms with Crippen molar-refractivity contribution in [3.8, 4) is 5.75 Å². The van der Waals surface area contributed by atoms with Crippen LogP contribution in [0.1, 0.15) is 5.56 Å². The van der Waals surface area contributed by atoms with E-state index in [1.54, 1.807) is 13.2 Å². The molecule has 1 aliphatic heterocycles. The van der Waals surface area contributed by atoms with Gasteiger partial charge in [0.25, 0.3) is 0 Å². The number of ether oxygens (including phenoxy) is 2. The zero-order valence-corrected chi connectivity index (χ0v) is 9.96. The van der Waals surface area contributed by atoms with Crippen LogP contribution in [0.2, 0.25) is 5.02 Å². The molecule has 0 bridgehead atoms. The second kappa shape index (κ2) is 4.62. The Bertz CT molecular complexity index is 369. The van der Waals surface area contributed by atoms with E-state index in [2.05, 4.69) is 0 Å². The molecule has 0 spiro atoms. The molecule has 0 aliphatic carbocycles. The molecule has 0 radical (unpaired) electrons. The summed E-state index contributed by atoms with van der Waals surface area (Å²) in [7, 11) is 1.63. The van der Waals surface area contributed by atoms with Gasteiger partial charge < -0.3 is 14.6 Å². The van der Waals surface area contributed by atoms with Gasteiger partial charge in [-0.3, -0.25) is 0 Å². The van der Waals surface area contributed by atoms with E-state index in [0.29, 0.717) is 18.2 Å². The average molecular weight is 243 g/mol. The third kappa shape index (κ3) is 2.17. The predicted octanol–water partition coefficient (Wildman–Crippen LogP) is 1.90. The molecule has 1 aromatic rings. The number of aliphatic hydroxyl groups excluding tert-OH is 1. The van der Waals surface area contributed by atoms with Gasteiger partial charge in [-0.15, -0.1) is 0 Å². The fraction of sp³-hybridized carbons (Fsp3) is 0.500. The standard InChI is InChI=1S/C12H15ClO3/c1-15-11-3-2-10(13)4-9(11)5-12(6-14)7-16-8-12/h2-4,14H,5-8H2,1H3. The Labute approximate surface area is 99.9 Å². The summed E-state index contributed by atoms with van der Waals surface area (Å²) < 4.78 is 10.4. The van der Waals surface area contributed by atoms with Gasteiger partial charge >= 0.3 is 0 Å². The van der Waals surface area contributed by atoms with Crippen LogP contribution in [0, 0.1) is 5.41 Å². The molecule has 16 heavy (non-hydrogen) atoms. The summed E-state index contributed by atoms with van der Waals surface area (Å²) in [5, 5.41) is 10.1. The minimum absolute atomic E-state index is 0.128. The van der Waals surface area contributed by atoms with Crippen molar-refractivity contribution in [3.05, 3.63) is 28.8 Å². The van der Waals surface area contributed by atoms with Crippen LogP contribution in [0.5, 0.6) is 5.75 Å². The summed E-state index contributed by atoms with van der Waals surface area (Å²) >= 11 is 5.96. The zero-order valence-electron chi connectivity index (χ0n) is 9.20. The molecule has 0 saturated carbocycles. The third-order valence-corrected chi connectivity index (χ3v) is 3.19. The van der Waals surface area contributed by atoms with E-state index in [1.165, 1.54) is 0 Å². The summed E-state index contributed by atoms with van der Waals surface area (Å²) in [6.07, 6.45) is 0.729. The van der Waals surface area contributed by atoms with Crippen molar-refractivity contribution in [2.45, 2.75) is 6.42 Å². The first kappa shape index (κ1) is 11.7. The first-order valence-electron chi connectivity index (χ1n) is 5.20. The third-order valence-electron chi connectivity index (χ3n) is 2.96. The normalized spacial score (nSPS) is 17.9. The van der Waals surface area contributed by atoms with Crippen LogP contribution < -0.4 is 4.74 Å². The Hall–Kier alpha value is -0.770. The molecule has 2 rings (SSSR count). The largest absolute Gasteiger partial charge is 0.496 e. The highest BCUT2D eigenvalue weighted by Gasteiger charge is 2.38. The number of halogens is 1. The van der Waals surface area contributed by atoms with Gasteiger partial charge in [0.1, 0.15) is 5.75 Å². The van der Waals surface area contributed by atoms with E-state index in [9.17, 15) is 5.11 Å². The molecule has 0 amide bonds. The van der Waals surface area contributed by atoms with Gasteiger partial charge in [-0.25, -0.2) is 0 Å². The van der Waals surface area contributed by atoms with Crippen LogP contribution in [0.3, 0.4) is 0 Å². The molecule has 88 valence electrons. The highest BCUT2D eigenvalue weighted by molar-refractivity contribution is 6.30. The lowest BCUT2D eigenvalue weighted by atomic mass is 9.80. The second-order valence-corrected chi connectivity index (χ2v) is 4.72. The molecule has 0 unspecified atom stereocenters. The molecule has 0 atom stereocenters. The van der Waals surface area contributed by atoms with E-state index in [-0.39, 0.29) is 12.0 Å². The number of methoxy groups -OCH3 is 1. The van der Waals surface area contributed by atoms with Crippen molar-refractivity contribution in [1.82, 2.24) is 0 Å². The van der Waals surface area contributed by atoms with E-state index in [0.717, 1.165) is 17.7 Å². The van der Waals surface area contributed by atoms with Crippen molar-refractivity contribution in [1.29, 1.82) is 0 Å². The summed E-state index contributed by atoms with van der Waals surface area (Å²) in [4.78, 5) is 0. The van der Waals surface area contributed by atoms with E-state index in [4.69, 9.17) is 21.1 Å². The first-order valence-corrected chi connectivity index (χ1v) is 5.58. The summed E-state index contributed by atoms with van der Waals surface area (Å²) in [6, 6.07) is 5.53. The van der Waals surface area contributed by atoms with Gasteiger partial charge in [-0.2, -0.15) is 0 Å². The first-order chi connectivity index (χ1) is 7.69. The Morgan fingerprint density at radius 3 is 2.75 bits per heavy atom. The molecule has 1 heterocycles. The van der Waals surface area contributed by atoms with Gasteiger partial charge in [0.15, 0.2) is 0 Å². The molecule has 1 aliphatic rings. The topological polar surface area (TPSA) is 38.7 Å². The molecule has 1 aromatic carbocycles. The molecule has 4 heteroatoms. The Kier molecular flexibility index (Phi) is 3.38. The molecular formula is C12H15ClO3. The Balaban J connectivity index is 2.22. The molecule has 0 aromatic heterocycles. The number of hydrogen-bond acceptors (Lipinski definition) is 3. The number of aliphatic hydroxyl groups is 1. The lowest BCUT2D eigenvalue weighted by Gasteiger charge is -2.40. The van der Waals surface area contributed by atoms with Crippen molar-refractivity contribution < 1.29 is 14.6 Å². The SMILES string of the molecule is COc1ccc(Cl)cc1CC1(CO)COC1. The van der Waals surface area contributed by atoms with E-state index in [1.807, 2.05) is 12.1 Å². The average Bonchev–Trinajstić information content (AvgIpc) is 2.24. The van der Waals surface area contributed by atoms with Gasteiger partial charge in [-0.05, 0) is 30.2 Å². The van der Waals surface area contributed by atoms with Crippen LogP contribution in [0.15, 0.2) is 18.2 Å². The van der Waals surface area contributed by atoms with Crippen LogP contribution in [0.25, 0.3) is 0 Å². The fourth-order valence-corrected chi connectivity index (χ4v) is 2.12. The molecule has 3 nitrogen and oxygen atoms in total. The molecule has 1 saturated heterocycles. The summed E-state index contributed by atoms with van der Waals surface area (Å²) in [5.74, 6) is 0.809. The number of hydrogen-bond donors (Lipinski definition) is 1. The van der Waals surface area contributed by atoms with Gasteiger partial charge in [0.2, 0.25) is 0 Å². The van der Waals surface area contributed by atoms with Crippen LogP contribution in [-0.4, -0.2) is 32.0 Å². The van der Waals surface area contributed by atoms with Crippen LogP contribution in [-0.2, 0) is 11.2 Å². The maximum Gasteiger partial charge on any atom is 0.122 e. The van der Waals surface area contributed by atoms with E-state index < -0.39 is 0 Å². The highest BCUT2D eigenvalue weighted by atomic mass is 35.5. The molecule has 1 N–H and O–H groups in total. The number of benzene rings is 1. The smallest absolute Gasteiger partial charge is 0.122 e. The van der Waals surface area contributed by atoms with Crippen LogP contribution >= 0.6 is 11.6 Å². The Morgan fingerprint density at radius 2 is 2.25 bits per heavy atom. The monoisotopic (exact) mass is 242 g/mol. The van der Waals surface area contributed by atoms with Crippen molar-refractivity contribution in [2.24, 2.45) is 5.41 Å². The van der Waals surface area contributed by atoms with E-state index >= 15 is 0 Å². The summed E-state index contributed by atoms with van der Waals surface area (Å²) in [5.41, 5.74) is 0.866. The lowest BCUT2D eigenvalue weighted by Crippen LogP contribution is -2.47. The van der Waals surface area contributed by atoms with Crippen molar-refractivity contribution in [3.63, 3.8) is 0 Å². The fourth-order valence-electron chi connectivity index (χ4n) is 1.93. The maximum absolute atomic E-state index is 9.38. The number of rotatable bonds is 4. The Morgan fingerprint density at radius 1 is 1.50 bits per heavy atom. The lowest BCUT2D eigenvalue weighted by molar-refractivity contribution is -0.136. The second-order valence-electron chi connectivity index (χ2n) is 4.28. The van der Waals surface area contributed by atoms with Crippen LogP contribution in [0.4, 0.5) is 0 Å². The van der Waals surface area contributed by atoms with Gasteiger partial charge in [-0.1, -0.05) is 11.6 Å². The summed E-state index contributed by atoms with van der Waals surface area (Å²) in [6.45, 7) is 1.32.